The quantitative estimate of drug-likeness (QED) is 0.652. The molecule has 0 saturated heterocycles. The molecular formula is C6H10F2O3S. The van der Waals surface area contributed by atoms with E-state index in [9.17, 15) is 17.2 Å². The largest absolute Gasteiger partial charge is 0.285 e. The van der Waals surface area contributed by atoms with Gasteiger partial charge in [-0.1, -0.05) is 0 Å². The summed E-state index contributed by atoms with van der Waals surface area (Å²) >= 11 is 0. The Morgan fingerprint density at radius 1 is 1.25 bits per heavy atom. The summed E-state index contributed by atoms with van der Waals surface area (Å²) < 4.78 is 54.5. The van der Waals surface area contributed by atoms with Crippen LogP contribution in [0.1, 0.15) is 25.7 Å². The highest BCUT2D eigenvalue weighted by molar-refractivity contribution is 7.86. The predicted octanol–water partition coefficient (Wildman–Crippen LogP) is 1.45. The summed E-state index contributed by atoms with van der Waals surface area (Å²) in [5, 5.41) is -0.989. The highest BCUT2D eigenvalue weighted by atomic mass is 32.2. The normalized spacial score (nSPS) is 25.6. The van der Waals surface area contributed by atoms with Crippen molar-refractivity contribution in [3.63, 3.8) is 0 Å². The second-order valence-electron chi connectivity index (χ2n) is 3.07. The number of alkyl halides is 2. The summed E-state index contributed by atoms with van der Waals surface area (Å²) in [6.45, 7) is 0. The number of halogens is 2. The Bertz CT molecular complexity index is 250. The molecule has 6 heteroatoms. The van der Waals surface area contributed by atoms with Crippen molar-refractivity contribution < 1.29 is 21.8 Å². The van der Waals surface area contributed by atoms with E-state index >= 15 is 0 Å². The molecule has 0 spiro atoms. The highest BCUT2D eigenvalue weighted by Crippen LogP contribution is 2.35. The number of hydrogen-bond acceptors (Lipinski definition) is 2. The molecule has 0 aliphatic heterocycles. The smallest absolute Gasteiger partial charge is 0.267 e. The minimum Gasteiger partial charge on any atom is -0.285 e. The molecule has 0 aromatic rings. The molecule has 0 heterocycles. The summed E-state index contributed by atoms with van der Waals surface area (Å²) in [6.07, 6.45) is -1.19. The van der Waals surface area contributed by atoms with E-state index in [1.54, 1.807) is 0 Å². The molecule has 1 N–H and O–H groups in total. The van der Waals surface area contributed by atoms with Crippen molar-refractivity contribution in [1.29, 1.82) is 0 Å². The molecule has 0 radical (unpaired) electrons. The van der Waals surface area contributed by atoms with Crippen LogP contribution in [-0.4, -0.2) is 24.1 Å². The van der Waals surface area contributed by atoms with Crippen molar-refractivity contribution in [3.8, 4) is 0 Å². The fourth-order valence-electron chi connectivity index (χ4n) is 1.31. The molecule has 1 fully saturated rings. The van der Waals surface area contributed by atoms with Crippen LogP contribution in [0.4, 0.5) is 8.78 Å². The van der Waals surface area contributed by atoms with Gasteiger partial charge >= 0.3 is 0 Å². The Morgan fingerprint density at radius 2 is 1.67 bits per heavy atom. The predicted molar refractivity (Wildman–Crippen MR) is 38.8 cm³/mol. The molecule has 0 atom stereocenters. The van der Waals surface area contributed by atoms with Gasteiger partial charge in [0.1, 0.15) is 0 Å². The summed E-state index contributed by atoms with van der Waals surface area (Å²) in [4.78, 5) is 0. The molecule has 0 aromatic carbocycles. The Balaban J connectivity index is 2.59. The lowest BCUT2D eigenvalue weighted by Crippen LogP contribution is -2.32. The first-order valence-electron chi connectivity index (χ1n) is 3.65. The van der Waals surface area contributed by atoms with Gasteiger partial charge in [-0.05, 0) is 12.8 Å². The maximum Gasteiger partial charge on any atom is 0.267 e. The summed E-state index contributed by atoms with van der Waals surface area (Å²) in [6, 6.07) is 0. The van der Waals surface area contributed by atoms with E-state index in [1.165, 1.54) is 0 Å². The second-order valence-corrected chi connectivity index (χ2v) is 4.77. The molecule has 12 heavy (non-hydrogen) atoms. The lowest BCUT2D eigenvalue weighted by molar-refractivity contribution is -0.0332. The first-order valence-corrected chi connectivity index (χ1v) is 5.16. The van der Waals surface area contributed by atoms with Crippen LogP contribution in [0.15, 0.2) is 0 Å². The summed E-state index contributed by atoms with van der Waals surface area (Å²) in [5.41, 5.74) is 0. The SMILES string of the molecule is O=S(=O)(O)C1CCC(F)(F)CC1. The molecule has 1 aliphatic carbocycles. The van der Waals surface area contributed by atoms with Crippen molar-refractivity contribution in [2.45, 2.75) is 36.9 Å². The van der Waals surface area contributed by atoms with Gasteiger partial charge in [0.15, 0.2) is 0 Å². The first kappa shape index (κ1) is 9.85. The zero-order valence-corrected chi connectivity index (χ0v) is 7.15. The van der Waals surface area contributed by atoms with Crippen molar-refractivity contribution in [3.05, 3.63) is 0 Å². The monoisotopic (exact) mass is 200 g/mol. The Labute approximate surface area is 69.5 Å². The number of hydrogen-bond donors (Lipinski definition) is 1. The maximum absolute atomic E-state index is 12.5. The lowest BCUT2D eigenvalue weighted by Gasteiger charge is -2.25. The number of rotatable bonds is 1. The van der Waals surface area contributed by atoms with Crippen LogP contribution >= 0.6 is 0 Å². The van der Waals surface area contributed by atoms with Gasteiger partial charge in [0.25, 0.3) is 10.1 Å². The summed E-state index contributed by atoms with van der Waals surface area (Å²) in [7, 11) is -4.11. The zero-order valence-electron chi connectivity index (χ0n) is 6.33. The third kappa shape index (κ3) is 2.38. The molecule has 72 valence electrons. The zero-order chi connectivity index (χ0) is 9.41. The van der Waals surface area contributed by atoms with Gasteiger partial charge in [-0.3, -0.25) is 4.55 Å². The van der Waals surface area contributed by atoms with E-state index in [-0.39, 0.29) is 12.8 Å². The molecule has 0 unspecified atom stereocenters. The Hall–Kier alpha value is -0.230. The van der Waals surface area contributed by atoms with E-state index in [4.69, 9.17) is 4.55 Å². The standard InChI is InChI=1S/C6H10F2O3S/c7-6(8)3-1-5(2-4-6)12(9,10)11/h5H,1-4H2,(H,9,10,11). The van der Waals surface area contributed by atoms with Crippen LogP contribution < -0.4 is 0 Å². The van der Waals surface area contributed by atoms with Gasteiger partial charge in [-0.25, -0.2) is 8.78 Å². The fourth-order valence-corrected chi connectivity index (χ4v) is 2.14. The van der Waals surface area contributed by atoms with Gasteiger partial charge in [0.2, 0.25) is 5.92 Å². The van der Waals surface area contributed by atoms with Gasteiger partial charge in [-0.2, -0.15) is 8.42 Å². The van der Waals surface area contributed by atoms with Crippen LogP contribution in [0.5, 0.6) is 0 Å². The van der Waals surface area contributed by atoms with E-state index in [0.717, 1.165) is 0 Å². The van der Waals surface area contributed by atoms with Crippen LogP contribution in [0, 0.1) is 0 Å². The van der Waals surface area contributed by atoms with Gasteiger partial charge in [0, 0.05) is 12.8 Å². The molecule has 1 saturated carbocycles. The van der Waals surface area contributed by atoms with Crippen molar-refractivity contribution in [1.82, 2.24) is 0 Å². The minimum atomic E-state index is -4.11. The maximum atomic E-state index is 12.5. The van der Waals surface area contributed by atoms with Crippen molar-refractivity contribution in [2.24, 2.45) is 0 Å². The van der Waals surface area contributed by atoms with Crippen LogP contribution in [-0.2, 0) is 10.1 Å². The molecule has 0 bridgehead atoms. The second kappa shape index (κ2) is 2.92. The average molecular weight is 200 g/mol. The molecule has 0 amide bonds. The molecule has 1 aliphatic rings. The van der Waals surface area contributed by atoms with Crippen LogP contribution in [0.3, 0.4) is 0 Å². The Morgan fingerprint density at radius 3 is 2.00 bits per heavy atom. The Kier molecular flexibility index (Phi) is 2.40. The van der Waals surface area contributed by atoms with Crippen LogP contribution in [0.2, 0.25) is 0 Å². The first-order chi connectivity index (χ1) is 5.31. The molecule has 0 aromatic heterocycles. The minimum absolute atomic E-state index is 0.147. The van der Waals surface area contributed by atoms with Gasteiger partial charge in [0.05, 0.1) is 5.25 Å². The lowest BCUT2D eigenvalue weighted by atomic mass is 9.96. The van der Waals surface area contributed by atoms with Crippen LogP contribution in [0.25, 0.3) is 0 Å². The van der Waals surface area contributed by atoms with Crippen molar-refractivity contribution >= 4 is 10.1 Å². The topological polar surface area (TPSA) is 54.4 Å². The van der Waals surface area contributed by atoms with Gasteiger partial charge < -0.3 is 0 Å². The average Bonchev–Trinajstić information content (AvgIpc) is 1.83. The third-order valence-electron chi connectivity index (χ3n) is 2.09. The molecular weight excluding hydrogens is 190 g/mol. The molecule has 1 rings (SSSR count). The van der Waals surface area contributed by atoms with E-state index in [1.807, 2.05) is 0 Å². The summed E-state index contributed by atoms with van der Waals surface area (Å²) in [5.74, 6) is -2.75. The highest BCUT2D eigenvalue weighted by Gasteiger charge is 2.39. The van der Waals surface area contributed by atoms with E-state index in [2.05, 4.69) is 0 Å². The fraction of sp³-hybridized carbons (Fsp3) is 1.00. The van der Waals surface area contributed by atoms with Crippen molar-refractivity contribution in [2.75, 3.05) is 0 Å². The molecule has 3 nitrogen and oxygen atoms in total. The van der Waals surface area contributed by atoms with E-state index in [0.29, 0.717) is 0 Å². The third-order valence-corrected chi connectivity index (χ3v) is 3.40. The van der Waals surface area contributed by atoms with E-state index < -0.39 is 34.1 Å². The van der Waals surface area contributed by atoms with Gasteiger partial charge in [-0.15, -0.1) is 0 Å².